The van der Waals surface area contributed by atoms with Gasteiger partial charge in [0.15, 0.2) is 10.7 Å². The third-order valence-corrected chi connectivity index (χ3v) is 4.18. The van der Waals surface area contributed by atoms with Crippen LogP contribution in [-0.2, 0) is 0 Å². The molecule has 110 valence electrons. The van der Waals surface area contributed by atoms with Crippen LogP contribution in [0.1, 0.15) is 23.4 Å². The van der Waals surface area contributed by atoms with Gasteiger partial charge < -0.3 is 10.2 Å². The molecular weight excluding hydrogens is 322 g/mol. The second kappa shape index (κ2) is 5.83. The molecule has 3 rings (SSSR count). The van der Waals surface area contributed by atoms with E-state index in [1.54, 1.807) is 6.20 Å². The Balaban J connectivity index is 1.91. The molecule has 6 nitrogen and oxygen atoms in total. The number of halogens is 1. The normalized spacial score (nSPS) is 12.2. The Labute approximate surface area is 135 Å². The number of nitrogens with two attached hydrogens (primary N) is 1. The first-order chi connectivity index (χ1) is 10.6. The van der Waals surface area contributed by atoms with E-state index in [-0.39, 0.29) is 5.25 Å². The van der Waals surface area contributed by atoms with Crippen LogP contribution in [0, 0.1) is 11.3 Å². The molecule has 8 heteroatoms. The summed E-state index contributed by atoms with van der Waals surface area (Å²) in [7, 11) is 0. The summed E-state index contributed by atoms with van der Waals surface area (Å²) in [6.07, 6.45) is 3.03. The summed E-state index contributed by atoms with van der Waals surface area (Å²) < 4.78 is 5.27. The topological polar surface area (TPSA) is 102 Å². The number of hydrogen-bond acceptors (Lipinski definition) is 7. The Morgan fingerprint density at radius 1 is 1.41 bits per heavy atom. The highest BCUT2D eigenvalue weighted by Gasteiger charge is 2.15. The fraction of sp³-hybridized carbons (Fsp3) is 0.143. The van der Waals surface area contributed by atoms with Crippen molar-refractivity contribution in [3.8, 4) is 6.07 Å². The predicted molar refractivity (Wildman–Crippen MR) is 84.5 cm³/mol. The molecule has 0 bridgehead atoms. The highest BCUT2D eigenvalue weighted by Crippen LogP contribution is 2.34. The second-order valence-electron chi connectivity index (χ2n) is 4.52. The zero-order valence-corrected chi connectivity index (χ0v) is 13.0. The molecule has 1 unspecified atom stereocenters. The van der Waals surface area contributed by atoms with Gasteiger partial charge in [0, 0.05) is 11.5 Å². The van der Waals surface area contributed by atoms with Crippen LogP contribution in [0.4, 0.5) is 5.82 Å². The minimum Gasteiger partial charge on any atom is -0.461 e. The number of nitrogen functional groups attached to an aromatic ring is 1. The van der Waals surface area contributed by atoms with Gasteiger partial charge in [0.05, 0.1) is 22.7 Å². The van der Waals surface area contributed by atoms with Crippen LogP contribution in [0.5, 0.6) is 0 Å². The SMILES string of the molecule is CC(Sc1nc(N)cc(Cl)n1)c1cc2c(C#N)coc2cn1. The van der Waals surface area contributed by atoms with Crippen molar-refractivity contribution >= 4 is 40.1 Å². The van der Waals surface area contributed by atoms with Crippen molar-refractivity contribution < 1.29 is 4.42 Å². The molecule has 3 aromatic rings. The van der Waals surface area contributed by atoms with E-state index >= 15 is 0 Å². The van der Waals surface area contributed by atoms with Gasteiger partial charge >= 0.3 is 0 Å². The number of nitrogens with zero attached hydrogens (tertiary/aromatic N) is 4. The number of pyridine rings is 1. The summed E-state index contributed by atoms with van der Waals surface area (Å²) in [4.78, 5) is 12.6. The number of thioether (sulfide) groups is 1. The molecule has 0 saturated carbocycles. The molecule has 0 amide bonds. The van der Waals surface area contributed by atoms with Crippen LogP contribution in [0.2, 0.25) is 5.15 Å². The zero-order valence-electron chi connectivity index (χ0n) is 11.4. The molecule has 2 N–H and O–H groups in total. The van der Waals surface area contributed by atoms with E-state index in [9.17, 15) is 0 Å². The maximum atomic E-state index is 9.07. The minimum absolute atomic E-state index is 0.0382. The molecule has 0 saturated heterocycles. The Morgan fingerprint density at radius 3 is 2.95 bits per heavy atom. The van der Waals surface area contributed by atoms with Crippen molar-refractivity contribution in [1.29, 1.82) is 5.26 Å². The summed E-state index contributed by atoms with van der Waals surface area (Å²) in [5.74, 6) is 0.319. The highest BCUT2D eigenvalue weighted by molar-refractivity contribution is 7.99. The molecule has 3 heterocycles. The molecule has 0 aliphatic heterocycles. The van der Waals surface area contributed by atoms with Gasteiger partial charge in [-0.05, 0) is 13.0 Å². The van der Waals surface area contributed by atoms with E-state index in [0.717, 1.165) is 11.1 Å². The van der Waals surface area contributed by atoms with E-state index in [2.05, 4.69) is 21.0 Å². The summed E-state index contributed by atoms with van der Waals surface area (Å²) in [5.41, 5.74) is 7.52. The predicted octanol–water partition coefficient (Wildman–Crippen LogP) is 3.58. The van der Waals surface area contributed by atoms with Crippen LogP contribution in [-0.4, -0.2) is 15.0 Å². The standard InChI is InChI=1S/C14H10ClN5OS/c1-7(22-14-19-12(15)3-13(17)20-14)10-2-9-8(4-16)6-21-11(9)5-18-10/h2-3,5-7H,1H3,(H2,17,19,20). The highest BCUT2D eigenvalue weighted by atomic mass is 35.5. The average Bonchev–Trinajstić information content (AvgIpc) is 2.88. The Hall–Kier alpha value is -2.30. The lowest BCUT2D eigenvalue weighted by atomic mass is 10.2. The monoisotopic (exact) mass is 331 g/mol. The Morgan fingerprint density at radius 2 is 2.23 bits per heavy atom. The maximum Gasteiger partial charge on any atom is 0.191 e. The number of rotatable bonds is 3. The molecule has 0 radical (unpaired) electrons. The molecule has 1 atom stereocenters. The summed E-state index contributed by atoms with van der Waals surface area (Å²) in [6, 6.07) is 5.42. The van der Waals surface area contributed by atoms with Crippen molar-refractivity contribution in [2.75, 3.05) is 5.73 Å². The fourth-order valence-electron chi connectivity index (χ4n) is 1.94. The van der Waals surface area contributed by atoms with Crippen molar-refractivity contribution in [2.45, 2.75) is 17.3 Å². The molecule has 0 aliphatic rings. The lowest BCUT2D eigenvalue weighted by Gasteiger charge is -2.10. The molecular formula is C14H10ClN5OS. The smallest absolute Gasteiger partial charge is 0.191 e. The number of fused-ring (bicyclic) bond motifs is 1. The second-order valence-corrected chi connectivity index (χ2v) is 6.22. The van der Waals surface area contributed by atoms with Gasteiger partial charge in [-0.15, -0.1) is 0 Å². The molecule has 3 aromatic heterocycles. The molecule has 0 fully saturated rings. The van der Waals surface area contributed by atoms with Gasteiger partial charge in [-0.1, -0.05) is 23.4 Å². The van der Waals surface area contributed by atoms with E-state index in [4.69, 9.17) is 27.0 Å². The third kappa shape index (κ3) is 2.84. The van der Waals surface area contributed by atoms with E-state index in [0.29, 0.717) is 27.3 Å². The fourth-order valence-corrected chi connectivity index (χ4v) is 3.06. The van der Waals surface area contributed by atoms with Crippen molar-refractivity contribution in [3.63, 3.8) is 0 Å². The van der Waals surface area contributed by atoms with Crippen molar-refractivity contribution in [2.24, 2.45) is 0 Å². The number of furan rings is 1. The van der Waals surface area contributed by atoms with E-state index in [1.165, 1.54) is 24.1 Å². The average molecular weight is 332 g/mol. The zero-order chi connectivity index (χ0) is 15.7. The van der Waals surface area contributed by atoms with Gasteiger partial charge in [-0.3, -0.25) is 4.98 Å². The first-order valence-corrected chi connectivity index (χ1v) is 7.56. The van der Waals surface area contributed by atoms with Crippen LogP contribution in [0.15, 0.2) is 34.2 Å². The van der Waals surface area contributed by atoms with E-state index < -0.39 is 0 Å². The van der Waals surface area contributed by atoms with Gasteiger partial charge in [-0.25, -0.2) is 9.97 Å². The molecule has 0 aromatic carbocycles. The van der Waals surface area contributed by atoms with Crippen molar-refractivity contribution in [1.82, 2.24) is 15.0 Å². The van der Waals surface area contributed by atoms with Crippen LogP contribution < -0.4 is 5.73 Å². The van der Waals surface area contributed by atoms with Gasteiger partial charge in [0.25, 0.3) is 0 Å². The number of aromatic nitrogens is 3. The first kappa shape index (κ1) is 14.6. The van der Waals surface area contributed by atoms with Gasteiger partial charge in [0.2, 0.25) is 0 Å². The third-order valence-electron chi connectivity index (χ3n) is 3.00. The maximum absolute atomic E-state index is 9.07. The lowest BCUT2D eigenvalue weighted by Crippen LogP contribution is -1.98. The van der Waals surface area contributed by atoms with Gasteiger partial charge in [0.1, 0.15) is 23.3 Å². The molecule has 0 aliphatic carbocycles. The first-order valence-electron chi connectivity index (χ1n) is 6.31. The number of nitriles is 1. The van der Waals surface area contributed by atoms with Crippen LogP contribution >= 0.6 is 23.4 Å². The largest absolute Gasteiger partial charge is 0.461 e. The molecule has 0 spiro atoms. The van der Waals surface area contributed by atoms with Gasteiger partial charge in [-0.2, -0.15) is 5.26 Å². The van der Waals surface area contributed by atoms with Crippen LogP contribution in [0.3, 0.4) is 0 Å². The Bertz CT molecular complexity index is 868. The lowest BCUT2D eigenvalue weighted by molar-refractivity contribution is 0.612. The summed E-state index contributed by atoms with van der Waals surface area (Å²) in [5, 5.41) is 10.5. The number of anilines is 1. The minimum atomic E-state index is -0.0382. The summed E-state index contributed by atoms with van der Waals surface area (Å²) >= 11 is 7.26. The van der Waals surface area contributed by atoms with Crippen molar-refractivity contribution in [3.05, 3.63) is 41.0 Å². The Kier molecular flexibility index (Phi) is 3.88. The number of hydrogen-bond donors (Lipinski definition) is 1. The quantitative estimate of drug-likeness (QED) is 0.444. The van der Waals surface area contributed by atoms with E-state index in [1.807, 2.05) is 13.0 Å². The molecule has 22 heavy (non-hydrogen) atoms. The summed E-state index contributed by atoms with van der Waals surface area (Å²) in [6.45, 7) is 1.96. The van der Waals surface area contributed by atoms with Crippen LogP contribution in [0.25, 0.3) is 11.0 Å².